The van der Waals surface area contributed by atoms with Gasteiger partial charge in [-0.1, -0.05) is 12.1 Å². The first-order chi connectivity index (χ1) is 10.0. The van der Waals surface area contributed by atoms with Crippen LogP contribution in [0.1, 0.15) is 18.9 Å². The van der Waals surface area contributed by atoms with Gasteiger partial charge in [0.25, 0.3) is 0 Å². The predicted octanol–water partition coefficient (Wildman–Crippen LogP) is 0.469. The summed E-state index contributed by atoms with van der Waals surface area (Å²) < 4.78 is 4.84. The van der Waals surface area contributed by atoms with Crippen LogP contribution in [-0.2, 0) is 20.7 Å². The highest BCUT2D eigenvalue weighted by atomic mass is 16.5. The SMILES string of the molecule is COCCNC(=O)C(C)NC(=O)CCc1ccc(N)cc1. The third-order valence-corrected chi connectivity index (χ3v) is 3.00. The van der Waals surface area contributed by atoms with Crippen molar-refractivity contribution in [1.29, 1.82) is 0 Å². The zero-order valence-electron chi connectivity index (χ0n) is 12.5. The molecule has 1 unspecified atom stereocenters. The van der Waals surface area contributed by atoms with Gasteiger partial charge in [0, 0.05) is 25.8 Å². The third kappa shape index (κ3) is 6.76. The fourth-order valence-corrected chi connectivity index (χ4v) is 1.75. The minimum absolute atomic E-state index is 0.152. The van der Waals surface area contributed by atoms with Crippen molar-refractivity contribution in [2.24, 2.45) is 0 Å². The Kier molecular flexibility index (Phi) is 7.25. The molecule has 0 bridgehead atoms. The van der Waals surface area contributed by atoms with Gasteiger partial charge in [0.1, 0.15) is 6.04 Å². The lowest BCUT2D eigenvalue weighted by Crippen LogP contribution is -2.45. The molecule has 21 heavy (non-hydrogen) atoms. The number of anilines is 1. The normalized spacial score (nSPS) is 11.7. The fraction of sp³-hybridized carbons (Fsp3) is 0.467. The van der Waals surface area contributed by atoms with Gasteiger partial charge < -0.3 is 21.1 Å². The van der Waals surface area contributed by atoms with Crippen molar-refractivity contribution in [2.45, 2.75) is 25.8 Å². The quantitative estimate of drug-likeness (QED) is 0.480. The number of hydrogen-bond donors (Lipinski definition) is 3. The first kappa shape index (κ1) is 17.0. The summed E-state index contributed by atoms with van der Waals surface area (Å²) in [7, 11) is 1.56. The third-order valence-electron chi connectivity index (χ3n) is 3.00. The average molecular weight is 293 g/mol. The standard InChI is InChI=1S/C15H23N3O3/c1-11(15(20)17-9-10-21-2)18-14(19)8-5-12-3-6-13(16)7-4-12/h3-4,6-7,11H,5,8-10,16H2,1-2H3,(H,17,20)(H,18,19). The highest BCUT2D eigenvalue weighted by molar-refractivity contribution is 5.87. The van der Waals surface area contributed by atoms with Crippen LogP contribution in [0, 0.1) is 0 Å². The number of nitrogens with one attached hydrogen (secondary N) is 2. The zero-order chi connectivity index (χ0) is 15.7. The fourth-order valence-electron chi connectivity index (χ4n) is 1.75. The van der Waals surface area contributed by atoms with E-state index in [1.165, 1.54) is 0 Å². The van der Waals surface area contributed by atoms with E-state index in [0.717, 1.165) is 5.56 Å². The molecule has 1 aromatic rings. The number of nitrogens with two attached hydrogens (primary N) is 1. The minimum atomic E-state index is -0.555. The van der Waals surface area contributed by atoms with Gasteiger partial charge in [-0.3, -0.25) is 9.59 Å². The Morgan fingerprint density at radius 3 is 2.57 bits per heavy atom. The molecule has 0 saturated heterocycles. The summed E-state index contributed by atoms with van der Waals surface area (Å²) in [4.78, 5) is 23.5. The molecule has 1 aromatic carbocycles. The number of rotatable bonds is 8. The molecule has 0 aliphatic rings. The largest absolute Gasteiger partial charge is 0.399 e. The molecule has 6 heteroatoms. The van der Waals surface area contributed by atoms with Crippen molar-refractivity contribution >= 4 is 17.5 Å². The number of carbonyl (C=O) groups excluding carboxylic acids is 2. The molecule has 1 atom stereocenters. The second-order valence-corrected chi connectivity index (χ2v) is 4.81. The topological polar surface area (TPSA) is 93.5 Å². The molecule has 0 radical (unpaired) electrons. The van der Waals surface area contributed by atoms with E-state index >= 15 is 0 Å². The van der Waals surface area contributed by atoms with Gasteiger partial charge in [-0.15, -0.1) is 0 Å². The van der Waals surface area contributed by atoms with Gasteiger partial charge in [0.2, 0.25) is 11.8 Å². The predicted molar refractivity (Wildman–Crippen MR) is 81.7 cm³/mol. The number of carbonyl (C=O) groups is 2. The van der Waals surface area contributed by atoms with Crippen LogP contribution in [0.4, 0.5) is 5.69 Å². The molecule has 4 N–H and O–H groups in total. The number of ether oxygens (including phenoxy) is 1. The molecule has 0 aliphatic carbocycles. The average Bonchev–Trinajstić information content (AvgIpc) is 2.46. The van der Waals surface area contributed by atoms with E-state index in [0.29, 0.717) is 31.7 Å². The van der Waals surface area contributed by atoms with Gasteiger partial charge in [-0.2, -0.15) is 0 Å². The maximum Gasteiger partial charge on any atom is 0.242 e. The number of hydrogen-bond acceptors (Lipinski definition) is 4. The van der Waals surface area contributed by atoms with Crippen LogP contribution in [0.5, 0.6) is 0 Å². The molecule has 1 rings (SSSR count). The van der Waals surface area contributed by atoms with Crippen molar-refractivity contribution in [1.82, 2.24) is 10.6 Å². The van der Waals surface area contributed by atoms with Crippen molar-refractivity contribution < 1.29 is 14.3 Å². The summed E-state index contributed by atoms with van der Waals surface area (Å²) in [6.07, 6.45) is 0.948. The lowest BCUT2D eigenvalue weighted by molar-refractivity contribution is -0.128. The van der Waals surface area contributed by atoms with Gasteiger partial charge in [0.05, 0.1) is 6.61 Å². The summed E-state index contributed by atoms with van der Waals surface area (Å²) in [5, 5.41) is 5.35. The van der Waals surface area contributed by atoms with E-state index in [1.54, 1.807) is 26.2 Å². The molecule has 0 fully saturated rings. The molecule has 0 aliphatic heterocycles. The first-order valence-electron chi connectivity index (χ1n) is 6.93. The van der Waals surface area contributed by atoms with E-state index in [2.05, 4.69) is 10.6 Å². The van der Waals surface area contributed by atoms with Gasteiger partial charge in [-0.25, -0.2) is 0 Å². The summed E-state index contributed by atoms with van der Waals surface area (Å²) in [6, 6.07) is 6.84. The molecule has 0 heterocycles. The maximum atomic E-state index is 11.8. The number of amides is 2. The van der Waals surface area contributed by atoms with Crippen molar-refractivity contribution in [2.75, 3.05) is 26.0 Å². The second kappa shape index (κ2) is 8.97. The molecular formula is C15H23N3O3. The number of aryl methyl sites for hydroxylation is 1. The van der Waals surface area contributed by atoms with E-state index < -0.39 is 6.04 Å². The Bertz CT molecular complexity index is 460. The smallest absolute Gasteiger partial charge is 0.242 e. The van der Waals surface area contributed by atoms with E-state index in [9.17, 15) is 9.59 Å². The van der Waals surface area contributed by atoms with Crippen LogP contribution < -0.4 is 16.4 Å². The Morgan fingerprint density at radius 2 is 1.95 bits per heavy atom. The van der Waals surface area contributed by atoms with Gasteiger partial charge >= 0.3 is 0 Å². The molecule has 6 nitrogen and oxygen atoms in total. The first-order valence-corrected chi connectivity index (χ1v) is 6.93. The van der Waals surface area contributed by atoms with Crippen LogP contribution in [0.15, 0.2) is 24.3 Å². The molecule has 0 aromatic heterocycles. The van der Waals surface area contributed by atoms with Crippen LogP contribution in [0.25, 0.3) is 0 Å². The van der Waals surface area contributed by atoms with Gasteiger partial charge in [0.15, 0.2) is 0 Å². The van der Waals surface area contributed by atoms with Crippen molar-refractivity contribution in [3.63, 3.8) is 0 Å². The summed E-state index contributed by atoms with van der Waals surface area (Å²) >= 11 is 0. The van der Waals surface area contributed by atoms with Gasteiger partial charge in [-0.05, 0) is 31.0 Å². The van der Waals surface area contributed by atoms with Crippen molar-refractivity contribution in [3.8, 4) is 0 Å². The Labute approximate surface area is 125 Å². The number of methoxy groups -OCH3 is 1. The monoisotopic (exact) mass is 293 g/mol. The number of nitrogen functional groups attached to an aromatic ring is 1. The summed E-state index contributed by atoms with van der Waals surface area (Å²) in [5.41, 5.74) is 7.34. The summed E-state index contributed by atoms with van der Waals surface area (Å²) in [5.74, 6) is -0.367. The summed E-state index contributed by atoms with van der Waals surface area (Å²) in [6.45, 7) is 2.54. The van der Waals surface area contributed by atoms with E-state index in [1.807, 2.05) is 12.1 Å². The second-order valence-electron chi connectivity index (χ2n) is 4.81. The zero-order valence-corrected chi connectivity index (χ0v) is 12.5. The van der Waals surface area contributed by atoms with Crippen LogP contribution >= 0.6 is 0 Å². The molecule has 2 amide bonds. The highest BCUT2D eigenvalue weighted by Crippen LogP contribution is 2.07. The van der Waals surface area contributed by atoms with Crippen LogP contribution in [0.2, 0.25) is 0 Å². The molecule has 0 saturated carbocycles. The lowest BCUT2D eigenvalue weighted by Gasteiger charge is -2.14. The maximum absolute atomic E-state index is 11.8. The molecule has 116 valence electrons. The van der Waals surface area contributed by atoms with Crippen LogP contribution in [0.3, 0.4) is 0 Å². The Morgan fingerprint density at radius 1 is 1.29 bits per heavy atom. The number of benzene rings is 1. The van der Waals surface area contributed by atoms with Crippen molar-refractivity contribution in [3.05, 3.63) is 29.8 Å². The Balaban J connectivity index is 2.29. The minimum Gasteiger partial charge on any atom is -0.399 e. The molecule has 0 spiro atoms. The lowest BCUT2D eigenvalue weighted by atomic mass is 10.1. The van der Waals surface area contributed by atoms with E-state index in [4.69, 9.17) is 10.5 Å². The van der Waals surface area contributed by atoms with Crippen LogP contribution in [-0.4, -0.2) is 38.1 Å². The molecular weight excluding hydrogens is 270 g/mol. The Hall–Kier alpha value is -2.08. The van der Waals surface area contributed by atoms with E-state index in [-0.39, 0.29) is 11.8 Å². The highest BCUT2D eigenvalue weighted by Gasteiger charge is 2.14.